The molecule has 154 valence electrons. The van der Waals surface area contributed by atoms with Crippen molar-refractivity contribution >= 4 is 11.8 Å². The van der Waals surface area contributed by atoms with Crippen molar-refractivity contribution in [3.63, 3.8) is 0 Å². The number of hydrogen-bond donors (Lipinski definition) is 1. The van der Waals surface area contributed by atoms with E-state index in [2.05, 4.69) is 31.0 Å². The second-order valence-corrected chi connectivity index (χ2v) is 9.36. The highest BCUT2D eigenvalue weighted by molar-refractivity contribution is 5.96. The summed E-state index contributed by atoms with van der Waals surface area (Å²) in [5.41, 5.74) is 2.72. The van der Waals surface area contributed by atoms with Gasteiger partial charge in [0, 0.05) is 42.8 Å². The van der Waals surface area contributed by atoms with E-state index in [1.54, 1.807) is 12.5 Å². The molecule has 1 aromatic carbocycles. The molecule has 2 atom stereocenters. The number of fused-ring (bicyclic) bond motifs is 2. The van der Waals surface area contributed by atoms with E-state index in [1.807, 2.05) is 35.2 Å². The molecule has 2 fully saturated rings. The Bertz CT molecular complexity index is 885. The van der Waals surface area contributed by atoms with Crippen molar-refractivity contribution < 1.29 is 14.0 Å². The van der Waals surface area contributed by atoms with Gasteiger partial charge in [0.1, 0.15) is 0 Å². The van der Waals surface area contributed by atoms with Gasteiger partial charge in [0.15, 0.2) is 0 Å². The van der Waals surface area contributed by atoms with Gasteiger partial charge in [-0.1, -0.05) is 32.9 Å². The van der Waals surface area contributed by atoms with E-state index >= 15 is 0 Å². The molecule has 6 nitrogen and oxygen atoms in total. The average Bonchev–Trinajstić information content (AvgIpc) is 3.42. The van der Waals surface area contributed by atoms with Gasteiger partial charge < -0.3 is 14.6 Å². The SMILES string of the molecule is CC(C)(C)CNC(=O)CN1C[C@@H]2C[C@H]1CN2C(=O)c1cccc(-c2ccoc2)c1. The summed E-state index contributed by atoms with van der Waals surface area (Å²) in [5.74, 6) is 0.137. The maximum atomic E-state index is 13.1. The van der Waals surface area contributed by atoms with Crippen molar-refractivity contribution in [1.29, 1.82) is 0 Å². The lowest BCUT2D eigenvalue weighted by Gasteiger charge is -2.34. The summed E-state index contributed by atoms with van der Waals surface area (Å²) in [6.45, 7) is 8.86. The molecule has 2 saturated heterocycles. The zero-order chi connectivity index (χ0) is 20.6. The molecule has 0 radical (unpaired) electrons. The van der Waals surface area contributed by atoms with Crippen LogP contribution in [-0.4, -0.2) is 59.9 Å². The van der Waals surface area contributed by atoms with Gasteiger partial charge in [0.2, 0.25) is 5.91 Å². The average molecular weight is 396 g/mol. The van der Waals surface area contributed by atoms with E-state index in [4.69, 9.17) is 4.42 Å². The first-order valence-electron chi connectivity index (χ1n) is 10.2. The standard InChI is InChI=1S/C23H29N3O3/c1-23(2,3)15-24-21(27)13-25-11-20-10-19(25)12-26(20)22(28)17-6-4-5-16(9-17)18-7-8-29-14-18/h4-9,14,19-20H,10-13,15H2,1-3H3,(H,24,27)/t19-,20-/m0/s1. The van der Waals surface area contributed by atoms with Crippen LogP contribution in [0.2, 0.25) is 0 Å². The van der Waals surface area contributed by atoms with E-state index in [9.17, 15) is 9.59 Å². The van der Waals surface area contributed by atoms with Crippen molar-refractivity contribution in [3.05, 3.63) is 48.4 Å². The van der Waals surface area contributed by atoms with Crippen LogP contribution >= 0.6 is 0 Å². The number of nitrogens with one attached hydrogen (secondary N) is 1. The highest BCUT2D eigenvalue weighted by Gasteiger charge is 2.45. The number of carbonyl (C=O) groups excluding carboxylic acids is 2. The molecule has 0 aliphatic carbocycles. The molecule has 0 saturated carbocycles. The Morgan fingerprint density at radius 1 is 1.14 bits per heavy atom. The van der Waals surface area contributed by atoms with Gasteiger partial charge >= 0.3 is 0 Å². The minimum atomic E-state index is 0.0677. The summed E-state index contributed by atoms with van der Waals surface area (Å²) in [6.07, 6.45) is 4.26. The van der Waals surface area contributed by atoms with E-state index < -0.39 is 0 Å². The number of carbonyl (C=O) groups is 2. The normalized spacial score (nSPS) is 21.6. The second-order valence-electron chi connectivity index (χ2n) is 9.36. The van der Waals surface area contributed by atoms with Crippen LogP contribution < -0.4 is 5.32 Å². The number of benzene rings is 1. The maximum absolute atomic E-state index is 13.1. The third-order valence-electron chi connectivity index (χ3n) is 5.74. The fourth-order valence-corrected chi connectivity index (χ4v) is 4.22. The zero-order valence-electron chi connectivity index (χ0n) is 17.4. The lowest BCUT2D eigenvalue weighted by molar-refractivity contribution is -0.123. The van der Waals surface area contributed by atoms with Gasteiger partial charge in [-0.05, 0) is 35.6 Å². The van der Waals surface area contributed by atoms with Crippen molar-refractivity contribution in [1.82, 2.24) is 15.1 Å². The highest BCUT2D eigenvalue weighted by atomic mass is 16.3. The summed E-state index contributed by atoms with van der Waals surface area (Å²) < 4.78 is 5.16. The Balaban J connectivity index is 1.36. The Morgan fingerprint density at radius 3 is 2.62 bits per heavy atom. The number of piperazine rings is 1. The Labute approximate surface area is 171 Å². The van der Waals surface area contributed by atoms with Gasteiger partial charge in [-0.25, -0.2) is 0 Å². The molecule has 1 N–H and O–H groups in total. The quantitative estimate of drug-likeness (QED) is 0.845. The van der Waals surface area contributed by atoms with Gasteiger partial charge in [0.25, 0.3) is 5.91 Å². The summed E-state index contributed by atoms with van der Waals surface area (Å²) in [5, 5.41) is 3.02. The Hall–Kier alpha value is -2.60. The molecule has 3 heterocycles. The largest absolute Gasteiger partial charge is 0.472 e. The van der Waals surface area contributed by atoms with E-state index in [-0.39, 0.29) is 29.3 Å². The van der Waals surface area contributed by atoms with Crippen LogP contribution in [-0.2, 0) is 4.79 Å². The third kappa shape index (κ3) is 4.37. The first-order chi connectivity index (χ1) is 13.8. The Kier molecular flexibility index (Phi) is 5.21. The van der Waals surface area contributed by atoms with E-state index in [0.29, 0.717) is 25.2 Å². The van der Waals surface area contributed by atoms with Crippen LogP contribution in [0.3, 0.4) is 0 Å². The van der Waals surface area contributed by atoms with Crippen LogP contribution in [0.1, 0.15) is 37.6 Å². The molecule has 2 aliphatic rings. The molecule has 1 aromatic heterocycles. The summed E-state index contributed by atoms with van der Waals surface area (Å²) in [4.78, 5) is 29.6. The van der Waals surface area contributed by atoms with Gasteiger partial charge in [-0.3, -0.25) is 14.5 Å². The molecular formula is C23H29N3O3. The fraction of sp³-hybridized carbons (Fsp3) is 0.478. The third-order valence-corrected chi connectivity index (χ3v) is 5.74. The minimum Gasteiger partial charge on any atom is -0.472 e. The van der Waals surface area contributed by atoms with Gasteiger partial charge in [0.05, 0.1) is 19.1 Å². The smallest absolute Gasteiger partial charge is 0.254 e. The molecule has 0 spiro atoms. The first kappa shape index (κ1) is 19.7. The molecule has 2 aliphatic heterocycles. The van der Waals surface area contributed by atoms with Crippen LogP contribution in [0.5, 0.6) is 0 Å². The number of nitrogens with zero attached hydrogens (tertiary/aromatic N) is 2. The number of likely N-dealkylation sites (tertiary alicyclic amines) is 2. The summed E-state index contributed by atoms with van der Waals surface area (Å²) in [7, 11) is 0. The molecule has 0 unspecified atom stereocenters. The van der Waals surface area contributed by atoms with Gasteiger partial charge in [-0.2, -0.15) is 0 Å². The highest BCUT2D eigenvalue weighted by Crippen LogP contribution is 2.32. The van der Waals surface area contributed by atoms with Crippen molar-refractivity contribution in [2.75, 3.05) is 26.2 Å². The zero-order valence-corrected chi connectivity index (χ0v) is 17.4. The summed E-state index contributed by atoms with van der Waals surface area (Å²) >= 11 is 0. The predicted octanol–water partition coefficient (Wildman–Crippen LogP) is 3.01. The number of rotatable bonds is 5. The number of amides is 2. The second kappa shape index (κ2) is 7.67. The van der Waals surface area contributed by atoms with Crippen LogP contribution in [0.25, 0.3) is 11.1 Å². The molecule has 6 heteroatoms. The summed E-state index contributed by atoms with van der Waals surface area (Å²) in [6, 6.07) is 10.0. The fourth-order valence-electron chi connectivity index (χ4n) is 4.22. The molecule has 29 heavy (non-hydrogen) atoms. The Morgan fingerprint density at radius 2 is 1.97 bits per heavy atom. The van der Waals surface area contributed by atoms with E-state index in [1.165, 1.54) is 0 Å². The molecule has 2 amide bonds. The van der Waals surface area contributed by atoms with Crippen LogP contribution in [0.4, 0.5) is 0 Å². The predicted molar refractivity (Wildman–Crippen MR) is 111 cm³/mol. The van der Waals surface area contributed by atoms with Crippen molar-refractivity contribution in [3.8, 4) is 11.1 Å². The monoisotopic (exact) mass is 395 g/mol. The van der Waals surface area contributed by atoms with Crippen LogP contribution in [0.15, 0.2) is 47.3 Å². The topological polar surface area (TPSA) is 65.8 Å². The number of furan rings is 1. The number of hydrogen-bond acceptors (Lipinski definition) is 4. The van der Waals surface area contributed by atoms with Crippen LogP contribution in [0, 0.1) is 5.41 Å². The molecule has 2 aromatic rings. The maximum Gasteiger partial charge on any atom is 0.254 e. The van der Waals surface area contributed by atoms with E-state index in [0.717, 1.165) is 24.1 Å². The molecule has 2 bridgehead atoms. The van der Waals surface area contributed by atoms with Crippen molar-refractivity contribution in [2.45, 2.75) is 39.3 Å². The molecule has 4 rings (SSSR count). The lowest BCUT2D eigenvalue weighted by Crippen LogP contribution is -2.51. The van der Waals surface area contributed by atoms with Gasteiger partial charge in [-0.15, -0.1) is 0 Å². The molecular weight excluding hydrogens is 366 g/mol. The lowest BCUT2D eigenvalue weighted by atomic mass is 9.97. The first-order valence-corrected chi connectivity index (χ1v) is 10.2. The van der Waals surface area contributed by atoms with Crippen molar-refractivity contribution in [2.24, 2.45) is 5.41 Å². The minimum absolute atomic E-state index is 0.0677.